The fourth-order valence-corrected chi connectivity index (χ4v) is 2.42. The zero-order valence-corrected chi connectivity index (χ0v) is 12.3. The third-order valence-electron chi connectivity index (χ3n) is 3.82. The van der Waals surface area contributed by atoms with E-state index < -0.39 is 0 Å². The lowest BCUT2D eigenvalue weighted by molar-refractivity contribution is -0.115. The summed E-state index contributed by atoms with van der Waals surface area (Å²) in [5.41, 5.74) is 2.03. The number of hydrogen-bond acceptors (Lipinski definition) is 3. The predicted molar refractivity (Wildman–Crippen MR) is 80.8 cm³/mol. The summed E-state index contributed by atoms with van der Waals surface area (Å²) in [6.07, 6.45) is 2.29. The summed E-state index contributed by atoms with van der Waals surface area (Å²) in [7, 11) is 0. The third-order valence-corrected chi connectivity index (χ3v) is 3.82. The van der Waals surface area contributed by atoms with E-state index in [1.54, 1.807) is 0 Å². The quantitative estimate of drug-likeness (QED) is 0.868. The van der Waals surface area contributed by atoms with E-state index in [0.717, 1.165) is 25.3 Å². The van der Waals surface area contributed by atoms with Crippen molar-refractivity contribution in [2.75, 3.05) is 25.1 Å². The van der Waals surface area contributed by atoms with Crippen molar-refractivity contribution in [1.29, 1.82) is 0 Å². The number of rotatable bonds is 5. The van der Waals surface area contributed by atoms with Gasteiger partial charge in [0.25, 0.3) is 0 Å². The summed E-state index contributed by atoms with van der Waals surface area (Å²) in [5, 5.41) is 6.19. The van der Waals surface area contributed by atoms with Crippen LogP contribution < -0.4 is 10.6 Å². The van der Waals surface area contributed by atoms with E-state index in [9.17, 15) is 4.79 Å². The lowest BCUT2D eigenvalue weighted by Gasteiger charge is -2.28. The number of nitrogens with one attached hydrogen (secondary N) is 2. The van der Waals surface area contributed by atoms with Gasteiger partial charge in [-0.25, -0.2) is 0 Å². The van der Waals surface area contributed by atoms with Crippen LogP contribution in [0.15, 0.2) is 24.3 Å². The molecular weight excluding hydrogens is 252 g/mol. The monoisotopic (exact) mass is 276 g/mol. The van der Waals surface area contributed by atoms with Crippen molar-refractivity contribution in [2.45, 2.75) is 32.7 Å². The Morgan fingerprint density at radius 2 is 2.15 bits per heavy atom. The standard InChI is InChI=1S/C16H24N2O2/c1-12-5-7-15(8-6-12)18-16(19)10-17-13(2)14-4-3-9-20-11-14/h5-8,13-14,17H,3-4,9-11H2,1-2H3,(H,18,19)/t13-,14-/m1/s1. The second kappa shape index (κ2) is 7.41. The van der Waals surface area contributed by atoms with E-state index in [1.807, 2.05) is 31.2 Å². The highest BCUT2D eigenvalue weighted by atomic mass is 16.5. The molecule has 1 heterocycles. The van der Waals surface area contributed by atoms with Gasteiger partial charge in [-0.05, 0) is 44.7 Å². The van der Waals surface area contributed by atoms with Gasteiger partial charge in [-0.3, -0.25) is 4.79 Å². The summed E-state index contributed by atoms with van der Waals surface area (Å²) in [6, 6.07) is 8.13. The zero-order valence-electron chi connectivity index (χ0n) is 12.3. The Bertz CT molecular complexity index is 425. The number of anilines is 1. The average Bonchev–Trinajstić information content (AvgIpc) is 2.48. The van der Waals surface area contributed by atoms with Crippen LogP contribution in [0.2, 0.25) is 0 Å². The molecule has 110 valence electrons. The first-order valence-corrected chi connectivity index (χ1v) is 7.33. The van der Waals surface area contributed by atoms with Crippen LogP contribution in [-0.2, 0) is 9.53 Å². The molecule has 1 aliphatic heterocycles. The lowest BCUT2D eigenvalue weighted by Crippen LogP contribution is -2.41. The first-order valence-electron chi connectivity index (χ1n) is 7.33. The normalized spacial score (nSPS) is 20.4. The van der Waals surface area contributed by atoms with Crippen molar-refractivity contribution < 1.29 is 9.53 Å². The lowest BCUT2D eigenvalue weighted by atomic mass is 9.95. The van der Waals surface area contributed by atoms with Crippen LogP contribution >= 0.6 is 0 Å². The van der Waals surface area contributed by atoms with Crippen LogP contribution in [0.3, 0.4) is 0 Å². The largest absolute Gasteiger partial charge is 0.381 e. The van der Waals surface area contributed by atoms with Gasteiger partial charge in [-0.15, -0.1) is 0 Å². The van der Waals surface area contributed by atoms with Gasteiger partial charge in [0.05, 0.1) is 13.2 Å². The van der Waals surface area contributed by atoms with E-state index in [4.69, 9.17) is 4.74 Å². The van der Waals surface area contributed by atoms with Gasteiger partial charge in [0.2, 0.25) is 5.91 Å². The number of carbonyl (C=O) groups is 1. The maximum absolute atomic E-state index is 11.9. The molecule has 0 aromatic heterocycles. The van der Waals surface area contributed by atoms with Crippen LogP contribution in [0, 0.1) is 12.8 Å². The molecule has 2 atom stereocenters. The van der Waals surface area contributed by atoms with Crippen molar-refractivity contribution in [3.05, 3.63) is 29.8 Å². The number of aryl methyl sites for hydroxylation is 1. The first kappa shape index (κ1) is 15.0. The van der Waals surface area contributed by atoms with Gasteiger partial charge in [-0.2, -0.15) is 0 Å². The molecule has 1 aliphatic rings. The van der Waals surface area contributed by atoms with Crippen LogP contribution in [0.25, 0.3) is 0 Å². The number of carbonyl (C=O) groups excluding carboxylic acids is 1. The van der Waals surface area contributed by atoms with Crippen LogP contribution in [0.5, 0.6) is 0 Å². The fraction of sp³-hybridized carbons (Fsp3) is 0.562. The number of amides is 1. The molecular formula is C16H24N2O2. The molecule has 1 aromatic rings. The molecule has 2 N–H and O–H groups in total. The molecule has 2 rings (SSSR count). The zero-order chi connectivity index (χ0) is 14.4. The second-order valence-corrected chi connectivity index (χ2v) is 5.56. The molecule has 0 radical (unpaired) electrons. The smallest absolute Gasteiger partial charge is 0.238 e. The van der Waals surface area contributed by atoms with Crippen molar-refractivity contribution >= 4 is 11.6 Å². The molecule has 0 aliphatic carbocycles. The molecule has 1 fully saturated rings. The van der Waals surface area contributed by atoms with E-state index in [2.05, 4.69) is 17.6 Å². The summed E-state index contributed by atoms with van der Waals surface area (Å²) in [5.74, 6) is 0.508. The molecule has 4 nitrogen and oxygen atoms in total. The summed E-state index contributed by atoms with van der Waals surface area (Å²) in [4.78, 5) is 11.9. The van der Waals surface area contributed by atoms with Crippen LogP contribution in [0.1, 0.15) is 25.3 Å². The van der Waals surface area contributed by atoms with Gasteiger partial charge in [0.1, 0.15) is 0 Å². The minimum Gasteiger partial charge on any atom is -0.381 e. The van der Waals surface area contributed by atoms with Gasteiger partial charge in [0, 0.05) is 18.3 Å². The Morgan fingerprint density at radius 1 is 1.40 bits per heavy atom. The Labute approximate surface area is 120 Å². The summed E-state index contributed by atoms with van der Waals surface area (Å²) < 4.78 is 5.48. The third kappa shape index (κ3) is 4.62. The number of ether oxygens (including phenoxy) is 1. The summed E-state index contributed by atoms with van der Waals surface area (Å²) in [6.45, 7) is 6.16. The Balaban J connectivity index is 1.72. The topological polar surface area (TPSA) is 50.4 Å². The average molecular weight is 276 g/mol. The van der Waals surface area contributed by atoms with Gasteiger partial charge in [-0.1, -0.05) is 17.7 Å². The molecule has 1 aromatic carbocycles. The van der Waals surface area contributed by atoms with Gasteiger partial charge < -0.3 is 15.4 Å². The van der Waals surface area contributed by atoms with Crippen molar-refractivity contribution in [1.82, 2.24) is 5.32 Å². The molecule has 1 saturated heterocycles. The predicted octanol–water partition coefficient (Wildman–Crippen LogP) is 2.34. The Hall–Kier alpha value is -1.39. The van der Waals surface area contributed by atoms with E-state index in [0.29, 0.717) is 18.5 Å². The van der Waals surface area contributed by atoms with Crippen molar-refractivity contribution in [3.63, 3.8) is 0 Å². The van der Waals surface area contributed by atoms with Gasteiger partial charge in [0.15, 0.2) is 0 Å². The Kier molecular flexibility index (Phi) is 5.56. The minimum absolute atomic E-state index is 0.00238. The highest BCUT2D eigenvalue weighted by molar-refractivity contribution is 5.92. The highest BCUT2D eigenvalue weighted by Crippen LogP contribution is 2.17. The molecule has 20 heavy (non-hydrogen) atoms. The maximum atomic E-state index is 11.9. The van der Waals surface area contributed by atoms with Gasteiger partial charge >= 0.3 is 0 Å². The van der Waals surface area contributed by atoms with Crippen molar-refractivity contribution in [2.24, 2.45) is 5.92 Å². The fourth-order valence-electron chi connectivity index (χ4n) is 2.42. The number of benzene rings is 1. The van der Waals surface area contributed by atoms with Crippen LogP contribution in [0.4, 0.5) is 5.69 Å². The first-order chi connectivity index (χ1) is 9.65. The summed E-state index contributed by atoms with van der Waals surface area (Å²) >= 11 is 0. The Morgan fingerprint density at radius 3 is 2.80 bits per heavy atom. The highest BCUT2D eigenvalue weighted by Gasteiger charge is 2.20. The van der Waals surface area contributed by atoms with E-state index >= 15 is 0 Å². The molecule has 0 saturated carbocycles. The molecule has 0 spiro atoms. The molecule has 0 bridgehead atoms. The maximum Gasteiger partial charge on any atom is 0.238 e. The molecule has 4 heteroatoms. The van der Waals surface area contributed by atoms with E-state index in [-0.39, 0.29) is 5.91 Å². The SMILES string of the molecule is Cc1ccc(NC(=O)CN[C@H](C)[C@@H]2CCCOC2)cc1. The molecule has 0 unspecified atom stereocenters. The van der Waals surface area contributed by atoms with Crippen LogP contribution in [-0.4, -0.2) is 31.7 Å². The minimum atomic E-state index is -0.00238. The molecule has 1 amide bonds. The number of hydrogen-bond donors (Lipinski definition) is 2. The van der Waals surface area contributed by atoms with E-state index in [1.165, 1.54) is 12.0 Å². The van der Waals surface area contributed by atoms with Crippen molar-refractivity contribution in [3.8, 4) is 0 Å². The second-order valence-electron chi connectivity index (χ2n) is 5.56.